The number of benzene rings is 1. The van der Waals surface area contributed by atoms with Crippen LogP contribution in [0.1, 0.15) is 12.0 Å². The summed E-state index contributed by atoms with van der Waals surface area (Å²) in [6.45, 7) is 2.37. The normalized spacial score (nSPS) is 20.0. The Labute approximate surface area is 109 Å². The van der Waals surface area contributed by atoms with Crippen LogP contribution in [0.15, 0.2) is 18.2 Å². The molecule has 0 radical (unpaired) electrons. The first-order valence-corrected chi connectivity index (χ1v) is 6.85. The smallest absolute Gasteiger partial charge is 0.124 e. The molecule has 88 valence electrons. The molecule has 0 amide bonds. The number of hydrogen-bond donors (Lipinski definition) is 0. The van der Waals surface area contributed by atoms with E-state index in [1.54, 1.807) is 0 Å². The lowest BCUT2D eigenvalue weighted by atomic mass is 10.1. The standard InChI is InChI=1S/C12H14BrClO2/c13-6-10-11(14)2-1-3-12(10)16-8-9-4-5-15-7-9/h1-3,9H,4-8H2. The quantitative estimate of drug-likeness (QED) is 0.791. The molecule has 0 bridgehead atoms. The summed E-state index contributed by atoms with van der Waals surface area (Å²) >= 11 is 9.51. The van der Waals surface area contributed by atoms with Crippen LogP contribution in [0.2, 0.25) is 5.02 Å². The van der Waals surface area contributed by atoms with Gasteiger partial charge in [0.1, 0.15) is 5.75 Å². The largest absolute Gasteiger partial charge is 0.493 e. The van der Waals surface area contributed by atoms with Crippen LogP contribution in [0.25, 0.3) is 0 Å². The Morgan fingerprint density at radius 3 is 3.06 bits per heavy atom. The van der Waals surface area contributed by atoms with Crippen LogP contribution in [0.4, 0.5) is 0 Å². The van der Waals surface area contributed by atoms with E-state index in [1.807, 2.05) is 18.2 Å². The molecule has 0 N–H and O–H groups in total. The van der Waals surface area contributed by atoms with E-state index in [0.29, 0.717) is 17.9 Å². The van der Waals surface area contributed by atoms with Gasteiger partial charge in [-0.15, -0.1) is 0 Å². The van der Waals surface area contributed by atoms with Gasteiger partial charge < -0.3 is 9.47 Å². The van der Waals surface area contributed by atoms with Crippen molar-refractivity contribution in [3.8, 4) is 5.75 Å². The second-order valence-corrected chi connectivity index (χ2v) is 4.86. The van der Waals surface area contributed by atoms with Crippen LogP contribution in [0, 0.1) is 5.92 Å². The molecule has 4 heteroatoms. The fourth-order valence-corrected chi connectivity index (χ4v) is 2.70. The number of hydrogen-bond acceptors (Lipinski definition) is 2. The average Bonchev–Trinajstić information content (AvgIpc) is 2.79. The molecule has 0 aliphatic carbocycles. The minimum atomic E-state index is 0.516. The molecule has 0 spiro atoms. The van der Waals surface area contributed by atoms with Crippen molar-refractivity contribution in [2.24, 2.45) is 5.92 Å². The lowest BCUT2D eigenvalue weighted by Crippen LogP contribution is -2.12. The molecule has 2 nitrogen and oxygen atoms in total. The van der Waals surface area contributed by atoms with Crippen molar-refractivity contribution in [3.63, 3.8) is 0 Å². The van der Waals surface area contributed by atoms with E-state index in [2.05, 4.69) is 15.9 Å². The van der Waals surface area contributed by atoms with Crippen molar-refractivity contribution in [2.45, 2.75) is 11.8 Å². The molecule has 0 saturated carbocycles. The van der Waals surface area contributed by atoms with E-state index >= 15 is 0 Å². The topological polar surface area (TPSA) is 18.5 Å². The van der Waals surface area contributed by atoms with Crippen molar-refractivity contribution in [2.75, 3.05) is 19.8 Å². The summed E-state index contributed by atoms with van der Waals surface area (Å²) in [6.07, 6.45) is 1.09. The molecule has 1 atom stereocenters. The maximum Gasteiger partial charge on any atom is 0.124 e. The average molecular weight is 306 g/mol. The third kappa shape index (κ3) is 2.90. The van der Waals surface area contributed by atoms with E-state index < -0.39 is 0 Å². The number of ether oxygens (including phenoxy) is 2. The highest BCUT2D eigenvalue weighted by Gasteiger charge is 2.17. The first-order chi connectivity index (χ1) is 7.81. The molecular weight excluding hydrogens is 291 g/mol. The molecule has 1 saturated heterocycles. The van der Waals surface area contributed by atoms with Gasteiger partial charge in [0.25, 0.3) is 0 Å². The molecule has 1 aromatic carbocycles. The summed E-state index contributed by atoms with van der Waals surface area (Å²) < 4.78 is 11.1. The van der Waals surface area contributed by atoms with Crippen LogP contribution in [-0.4, -0.2) is 19.8 Å². The highest BCUT2D eigenvalue weighted by atomic mass is 79.9. The predicted octanol–water partition coefficient (Wildman–Crippen LogP) is 3.65. The molecule has 16 heavy (non-hydrogen) atoms. The zero-order chi connectivity index (χ0) is 11.4. The Morgan fingerprint density at radius 2 is 2.38 bits per heavy atom. The highest BCUT2D eigenvalue weighted by Crippen LogP contribution is 2.29. The van der Waals surface area contributed by atoms with Crippen molar-refractivity contribution in [1.29, 1.82) is 0 Å². The zero-order valence-corrected chi connectivity index (χ0v) is 11.3. The molecule has 1 aliphatic rings. The fourth-order valence-electron chi connectivity index (χ4n) is 1.73. The summed E-state index contributed by atoms with van der Waals surface area (Å²) in [6, 6.07) is 5.75. The van der Waals surface area contributed by atoms with Gasteiger partial charge in [0.05, 0.1) is 13.2 Å². The first-order valence-electron chi connectivity index (χ1n) is 5.35. The van der Waals surface area contributed by atoms with Crippen LogP contribution >= 0.6 is 27.5 Å². The van der Waals surface area contributed by atoms with Crippen molar-refractivity contribution >= 4 is 27.5 Å². The van der Waals surface area contributed by atoms with E-state index in [4.69, 9.17) is 21.1 Å². The van der Waals surface area contributed by atoms with Gasteiger partial charge in [0, 0.05) is 28.4 Å². The van der Waals surface area contributed by atoms with Gasteiger partial charge in [-0.1, -0.05) is 33.6 Å². The van der Waals surface area contributed by atoms with Gasteiger partial charge in [0.2, 0.25) is 0 Å². The molecule has 2 rings (SSSR count). The Kier molecular flexibility index (Phi) is 4.50. The Morgan fingerprint density at radius 1 is 1.50 bits per heavy atom. The highest BCUT2D eigenvalue weighted by molar-refractivity contribution is 9.08. The number of rotatable bonds is 4. The lowest BCUT2D eigenvalue weighted by molar-refractivity contribution is 0.167. The van der Waals surface area contributed by atoms with Gasteiger partial charge in [0.15, 0.2) is 0 Å². The Hall–Kier alpha value is -0.250. The summed E-state index contributed by atoms with van der Waals surface area (Å²) in [5.74, 6) is 1.39. The third-order valence-corrected chi connectivity index (χ3v) is 3.62. The minimum absolute atomic E-state index is 0.516. The summed E-state index contributed by atoms with van der Waals surface area (Å²) in [5, 5.41) is 1.46. The third-order valence-electron chi connectivity index (χ3n) is 2.71. The van der Waals surface area contributed by atoms with Gasteiger partial charge in [-0.2, -0.15) is 0 Å². The predicted molar refractivity (Wildman–Crippen MR) is 68.5 cm³/mol. The SMILES string of the molecule is Clc1cccc(OCC2CCOC2)c1CBr. The number of alkyl halides is 1. The molecule has 0 aromatic heterocycles. The first kappa shape index (κ1) is 12.2. The van der Waals surface area contributed by atoms with E-state index in [0.717, 1.165) is 36.0 Å². The summed E-state index contributed by atoms with van der Waals surface area (Å²) in [4.78, 5) is 0. The second-order valence-electron chi connectivity index (χ2n) is 3.89. The summed E-state index contributed by atoms with van der Waals surface area (Å²) in [7, 11) is 0. The monoisotopic (exact) mass is 304 g/mol. The maximum absolute atomic E-state index is 6.09. The lowest BCUT2D eigenvalue weighted by Gasteiger charge is -2.13. The van der Waals surface area contributed by atoms with Crippen LogP contribution in [0.3, 0.4) is 0 Å². The second kappa shape index (κ2) is 5.89. The van der Waals surface area contributed by atoms with E-state index in [1.165, 1.54) is 0 Å². The maximum atomic E-state index is 6.09. The Balaban J connectivity index is 2.00. The van der Waals surface area contributed by atoms with Crippen LogP contribution < -0.4 is 4.74 Å². The van der Waals surface area contributed by atoms with Crippen molar-refractivity contribution in [1.82, 2.24) is 0 Å². The molecule has 1 fully saturated rings. The van der Waals surface area contributed by atoms with Gasteiger partial charge in [-0.05, 0) is 18.6 Å². The molecule has 1 aliphatic heterocycles. The molecular formula is C12H14BrClO2. The molecule has 1 heterocycles. The van der Waals surface area contributed by atoms with Crippen LogP contribution in [0.5, 0.6) is 5.75 Å². The number of halogens is 2. The van der Waals surface area contributed by atoms with Crippen molar-refractivity contribution in [3.05, 3.63) is 28.8 Å². The van der Waals surface area contributed by atoms with E-state index in [9.17, 15) is 0 Å². The zero-order valence-electron chi connectivity index (χ0n) is 8.92. The van der Waals surface area contributed by atoms with Gasteiger partial charge in [-0.3, -0.25) is 0 Å². The molecule has 1 unspecified atom stereocenters. The van der Waals surface area contributed by atoms with Crippen LogP contribution in [-0.2, 0) is 10.1 Å². The Bertz CT molecular complexity index is 351. The fraction of sp³-hybridized carbons (Fsp3) is 0.500. The summed E-state index contributed by atoms with van der Waals surface area (Å²) in [5.41, 5.74) is 1.02. The van der Waals surface area contributed by atoms with E-state index in [-0.39, 0.29) is 0 Å². The van der Waals surface area contributed by atoms with Gasteiger partial charge in [-0.25, -0.2) is 0 Å². The minimum Gasteiger partial charge on any atom is -0.493 e. The van der Waals surface area contributed by atoms with Gasteiger partial charge >= 0.3 is 0 Å². The molecule has 1 aromatic rings. The van der Waals surface area contributed by atoms with Crippen molar-refractivity contribution < 1.29 is 9.47 Å².